The van der Waals surface area contributed by atoms with Crippen LogP contribution in [0.1, 0.15) is 43.6 Å². The van der Waals surface area contributed by atoms with Crippen molar-refractivity contribution in [2.24, 2.45) is 0 Å². The monoisotopic (exact) mass is 393 g/mol. The zero-order valence-corrected chi connectivity index (χ0v) is 17.2. The molecule has 5 nitrogen and oxygen atoms in total. The number of likely N-dealkylation sites (tertiary alicyclic amines) is 2. The van der Waals surface area contributed by atoms with Crippen LogP contribution in [0.3, 0.4) is 0 Å². The molecule has 0 aliphatic carbocycles. The first-order valence-electron chi connectivity index (χ1n) is 10.9. The molecular weight excluding hydrogens is 362 g/mol. The van der Waals surface area contributed by atoms with Gasteiger partial charge in [-0.1, -0.05) is 42.8 Å². The molecule has 1 aromatic heterocycles. The highest BCUT2D eigenvalue weighted by Gasteiger charge is 2.43. The van der Waals surface area contributed by atoms with E-state index in [1.165, 1.54) is 5.56 Å². The second kappa shape index (κ2) is 8.95. The van der Waals surface area contributed by atoms with Gasteiger partial charge in [-0.2, -0.15) is 0 Å². The number of carbonyl (C=O) groups is 1. The molecule has 0 unspecified atom stereocenters. The van der Waals surface area contributed by atoms with Gasteiger partial charge in [0, 0.05) is 43.7 Å². The van der Waals surface area contributed by atoms with E-state index in [4.69, 9.17) is 0 Å². The summed E-state index contributed by atoms with van der Waals surface area (Å²) in [4.78, 5) is 30.0. The maximum atomic E-state index is 13.4. The van der Waals surface area contributed by atoms with E-state index in [2.05, 4.69) is 47.2 Å². The van der Waals surface area contributed by atoms with Gasteiger partial charge in [-0.3, -0.25) is 9.59 Å². The van der Waals surface area contributed by atoms with E-state index >= 15 is 0 Å². The van der Waals surface area contributed by atoms with E-state index in [1.54, 1.807) is 22.9 Å². The molecule has 0 radical (unpaired) electrons. The SMILES string of the molecule is CN1CC[C@H](c2ccccc2)[C@@H]2[C@H]1CCCCN2C(=O)CCn1ccccc1=O. The molecule has 2 saturated heterocycles. The largest absolute Gasteiger partial charge is 0.337 e. The van der Waals surface area contributed by atoms with E-state index in [0.29, 0.717) is 24.9 Å². The number of fused-ring (bicyclic) bond motifs is 1. The molecule has 1 aromatic carbocycles. The summed E-state index contributed by atoms with van der Waals surface area (Å²) >= 11 is 0. The molecule has 5 heteroatoms. The lowest BCUT2D eigenvalue weighted by Crippen LogP contribution is -2.58. The number of carbonyl (C=O) groups excluding carboxylic acids is 1. The number of likely N-dealkylation sites (N-methyl/N-ethyl adjacent to an activating group) is 1. The third kappa shape index (κ3) is 4.30. The summed E-state index contributed by atoms with van der Waals surface area (Å²) in [5, 5.41) is 0. The summed E-state index contributed by atoms with van der Waals surface area (Å²) in [6.07, 6.45) is 6.57. The van der Waals surface area contributed by atoms with Crippen LogP contribution >= 0.6 is 0 Å². The van der Waals surface area contributed by atoms with Gasteiger partial charge in [0.1, 0.15) is 0 Å². The molecule has 3 atom stereocenters. The fourth-order valence-corrected chi connectivity index (χ4v) is 5.17. The Kier molecular flexibility index (Phi) is 6.14. The number of amides is 1. The lowest BCUT2D eigenvalue weighted by atomic mass is 9.79. The standard InChI is InChI=1S/C24H31N3O2/c1-25-17-13-20(19-9-3-2-4-10-19)24-21(25)11-5-8-16-27(24)23(29)14-18-26-15-7-6-12-22(26)28/h2-4,6-7,9-10,12,15,20-21,24H,5,8,11,13-14,16-18H2,1H3/t20-,21-,24-/m1/s1. The highest BCUT2D eigenvalue weighted by molar-refractivity contribution is 5.76. The number of pyridine rings is 1. The van der Waals surface area contributed by atoms with Crippen molar-refractivity contribution in [3.63, 3.8) is 0 Å². The van der Waals surface area contributed by atoms with Gasteiger partial charge in [0.15, 0.2) is 0 Å². The average Bonchev–Trinajstić information content (AvgIpc) is 2.98. The van der Waals surface area contributed by atoms with Gasteiger partial charge in [-0.25, -0.2) is 0 Å². The molecule has 29 heavy (non-hydrogen) atoms. The minimum atomic E-state index is -0.0476. The highest BCUT2D eigenvalue weighted by atomic mass is 16.2. The fraction of sp³-hybridized carbons (Fsp3) is 0.500. The van der Waals surface area contributed by atoms with Crippen LogP contribution in [-0.4, -0.2) is 52.5 Å². The molecule has 154 valence electrons. The molecule has 2 fully saturated rings. The van der Waals surface area contributed by atoms with Gasteiger partial charge >= 0.3 is 0 Å². The first kappa shape index (κ1) is 19.9. The molecule has 0 spiro atoms. The van der Waals surface area contributed by atoms with Gasteiger partial charge in [0.25, 0.3) is 5.56 Å². The summed E-state index contributed by atoms with van der Waals surface area (Å²) in [7, 11) is 2.20. The predicted molar refractivity (Wildman–Crippen MR) is 115 cm³/mol. The van der Waals surface area contributed by atoms with Gasteiger partial charge in [-0.05, 0) is 44.5 Å². The smallest absolute Gasteiger partial charge is 0.250 e. The fourth-order valence-electron chi connectivity index (χ4n) is 5.17. The topological polar surface area (TPSA) is 45.5 Å². The summed E-state index contributed by atoms with van der Waals surface area (Å²) < 4.78 is 1.63. The Hall–Kier alpha value is -2.40. The maximum Gasteiger partial charge on any atom is 0.250 e. The normalized spacial score (nSPS) is 25.3. The summed E-state index contributed by atoms with van der Waals surface area (Å²) in [6.45, 7) is 2.33. The summed E-state index contributed by atoms with van der Waals surface area (Å²) in [6, 6.07) is 16.4. The number of rotatable bonds is 4. The number of piperidine rings is 1. The van der Waals surface area contributed by atoms with Crippen molar-refractivity contribution in [3.8, 4) is 0 Å². The van der Waals surface area contributed by atoms with E-state index in [9.17, 15) is 9.59 Å². The molecule has 0 bridgehead atoms. The molecule has 0 saturated carbocycles. The molecule has 3 heterocycles. The van der Waals surface area contributed by atoms with Gasteiger partial charge in [0.2, 0.25) is 5.91 Å². The Morgan fingerprint density at radius 2 is 1.79 bits per heavy atom. The first-order chi connectivity index (χ1) is 14.1. The van der Waals surface area contributed by atoms with Crippen LogP contribution in [0.4, 0.5) is 0 Å². The number of aromatic nitrogens is 1. The van der Waals surface area contributed by atoms with E-state index in [0.717, 1.165) is 38.8 Å². The minimum Gasteiger partial charge on any atom is -0.337 e. The van der Waals surface area contributed by atoms with Gasteiger partial charge in [-0.15, -0.1) is 0 Å². The molecule has 2 aromatic rings. The van der Waals surface area contributed by atoms with Crippen LogP contribution < -0.4 is 5.56 Å². The number of hydrogen-bond acceptors (Lipinski definition) is 3. The summed E-state index contributed by atoms with van der Waals surface area (Å²) in [5.74, 6) is 0.549. The Balaban J connectivity index is 1.58. The van der Waals surface area contributed by atoms with Crippen LogP contribution in [0.2, 0.25) is 0 Å². The van der Waals surface area contributed by atoms with Crippen LogP contribution in [0.5, 0.6) is 0 Å². The van der Waals surface area contributed by atoms with E-state index in [1.807, 2.05) is 6.07 Å². The number of aryl methyl sites for hydroxylation is 1. The van der Waals surface area contributed by atoms with Crippen molar-refractivity contribution in [1.82, 2.24) is 14.4 Å². The Morgan fingerprint density at radius 3 is 2.59 bits per heavy atom. The third-order valence-corrected chi connectivity index (χ3v) is 6.69. The molecule has 0 N–H and O–H groups in total. The molecule has 2 aliphatic rings. The molecule has 4 rings (SSSR count). The second-order valence-electron chi connectivity index (χ2n) is 8.41. The first-order valence-corrected chi connectivity index (χ1v) is 10.9. The maximum absolute atomic E-state index is 13.4. The van der Waals surface area contributed by atoms with E-state index in [-0.39, 0.29) is 17.5 Å². The molecule has 2 aliphatic heterocycles. The van der Waals surface area contributed by atoms with Crippen molar-refractivity contribution in [2.75, 3.05) is 20.1 Å². The molecular formula is C24H31N3O2. The minimum absolute atomic E-state index is 0.0476. The van der Waals surface area contributed by atoms with Crippen molar-refractivity contribution in [3.05, 3.63) is 70.6 Å². The van der Waals surface area contributed by atoms with Crippen LogP contribution in [0.25, 0.3) is 0 Å². The number of benzene rings is 1. The number of nitrogens with zero attached hydrogens (tertiary/aromatic N) is 3. The summed E-state index contributed by atoms with van der Waals surface area (Å²) in [5.41, 5.74) is 1.29. The average molecular weight is 394 g/mol. The van der Waals surface area contributed by atoms with Crippen LogP contribution in [-0.2, 0) is 11.3 Å². The van der Waals surface area contributed by atoms with Crippen LogP contribution in [0, 0.1) is 0 Å². The van der Waals surface area contributed by atoms with Crippen LogP contribution in [0.15, 0.2) is 59.5 Å². The lowest BCUT2D eigenvalue weighted by molar-refractivity contribution is -0.136. The van der Waals surface area contributed by atoms with Crippen molar-refractivity contribution < 1.29 is 4.79 Å². The quantitative estimate of drug-likeness (QED) is 0.802. The van der Waals surface area contributed by atoms with Gasteiger partial charge in [0.05, 0.1) is 6.04 Å². The Bertz CT molecular complexity index is 879. The Labute approximate surface area is 172 Å². The predicted octanol–water partition coefficient (Wildman–Crippen LogP) is 3.11. The van der Waals surface area contributed by atoms with Crippen molar-refractivity contribution in [2.45, 2.75) is 56.7 Å². The second-order valence-corrected chi connectivity index (χ2v) is 8.41. The number of hydrogen-bond donors (Lipinski definition) is 0. The van der Waals surface area contributed by atoms with Crippen molar-refractivity contribution in [1.29, 1.82) is 0 Å². The highest BCUT2D eigenvalue weighted by Crippen LogP contribution is 2.38. The zero-order chi connectivity index (χ0) is 20.2. The van der Waals surface area contributed by atoms with Crippen molar-refractivity contribution >= 4 is 5.91 Å². The Morgan fingerprint density at radius 1 is 1.00 bits per heavy atom. The third-order valence-electron chi connectivity index (χ3n) is 6.69. The molecule has 1 amide bonds. The lowest BCUT2D eigenvalue weighted by Gasteiger charge is -2.48. The zero-order valence-electron chi connectivity index (χ0n) is 17.2. The van der Waals surface area contributed by atoms with E-state index < -0.39 is 0 Å². The van der Waals surface area contributed by atoms with Gasteiger partial charge < -0.3 is 14.4 Å².